The predicted octanol–water partition coefficient (Wildman–Crippen LogP) is 4.98. The van der Waals surface area contributed by atoms with E-state index in [-0.39, 0.29) is 18.9 Å². The van der Waals surface area contributed by atoms with E-state index in [1.807, 2.05) is 49.4 Å². The Balaban J connectivity index is 1.57. The Morgan fingerprint density at radius 1 is 1.18 bits per heavy atom. The molecule has 0 aliphatic heterocycles. The number of rotatable bonds is 7. The van der Waals surface area contributed by atoms with E-state index in [0.717, 1.165) is 39.8 Å². The normalized spacial score (nSPS) is 12.0. The Bertz CT molecular complexity index is 989. The van der Waals surface area contributed by atoms with E-state index in [2.05, 4.69) is 19.2 Å². The first kappa shape index (κ1) is 19.7. The van der Waals surface area contributed by atoms with E-state index < -0.39 is 5.97 Å². The summed E-state index contributed by atoms with van der Waals surface area (Å²) >= 11 is 0. The lowest BCUT2D eigenvalue weighted by Gasteiger charge is -2.15. The topological polar surface area (TPSA) is 68.5 Å². The number of benzene rings is 2. The number of para-hydroxylation sites is 1. The van der Waals surface area contributed by atoms with Crippen LogP contribution in [-0.2, 0) is 20.7 Å². The molecule has 0 radical (unpaired) electrons. The van der Waals surface area contributed by atoms with Gasteiger partial charge in [-0.2, -0.15) is 0 Å². The molecule has 2 aromatic carbocycles. The molecule has 1 aromatic heterocycles. The second kappa shape index (κ2) is 8.74. The lowest BCUT2D eigenvalue weighted by atomic mass is 9.97. The quantitative estimate of drug-likeness (QED) is 0.588. The van der Waals surface area contributed by atoms with Gasteiger partial charge in [0.05, 0.1) is 12.7 Å². The highest BCUT2D eigenvalue weighted by atomic mass is 16.5. The standard InChI is InChI=1S/C23H25NO4/c1-4-16(3)18-7-5-6-8-20(18)24-22(25)14-28-23(26)12-17-13-27-21-11-15(2)9-10-19(17)21/h5-11,13,16H,4,12,14H2,1-3H3,(H,24,25)/t16-/m1/s1. The second-order valence-electron chi connectivity index (χ2n) is 7.04. The number of fused-ring (bicyclic) bond motifs is 1. The summed E-state index contributed by atoms with van der Waals surface area (Å²) in [4.78, 5) is 24.4. The molecule has 1 atom stereocenters. The summed E-state index contributed by atoms with van der Waals surface area (Å²) in [6, 6.07) is 13.5. The van der Waals surface area contributed by atoms with Crippen LogP contribution in [0.25, 0.3) is 11.0 Å². The van der Waals surface area contributed by atoms with Crippen molar-refractivity contribution in [1.82, 2.24) is 0 Å². The molecular formula is C23H25NO4. The first-order valence-corrected chi connectivity index (χ1v) is 9.49. The largest absolute Gasteiger partial charge is 0.464 e. The second-order valence-corrected chi connectivity index (χ2v) is 7.04. The molecule has 0 spiro atoms. The number of esters is 1. The van der Waals surface area contributed by atoms with Crippen molar-refractivity contribution in [3.63, 3.8) is 0 Å². The van der Waals surface area contributed by atoms with Gasteiger partial charge in [0.2, 0.25) is 0 Å². The van der Waals surface area contributed by atoms with Gasteiger partial charge in [-0.05, 0) is 42.5 Å². The number of nitrogens with one attached hydrogen (secondary N) is 1. The summed E-state index contributed by atoms with van der Waals surface area (Å²) < 4.78 is 10.7. The molecule has 0 aliphatic rings. The monoisotopic (exact) mass is 379 g/mol. The van der Waals surface area contributed by atoms with Gasteiger partial charge in [0.1, 0.15) is 5.58 Å². The number of hydrogen-bond acceptors (Lipinski definition) is 4. The molecular weight excluding hydrogens is 354 g/mol. The van der Waals surface area contributed by atoms with Crippen molar-refractivity contribution in [2.45, 2.75) is 39.5 Å². The minimum absolute atomic E-state index is 0.0623. The number of furan rings is 1. The Morgan fingerprint density at radius 3 is 2.75 bits per heavy atom. The number of aryl methyl sites for hydroxylation is 1. The van der Waals surface area contributed by atoms with Gasteiger partial charge in [-0.25, -0.2) is 0 Å². The van der Waals surface area contributed by atoms with Crippen LogP contribution in [-0.4, -0.2) is 18.5 Å². The first-order chi connectivity index (χ1) is 13.5. The summed E-state index contributed by atoms with van der Waals surface area (Å²) in [5, 5.41) is 3.72. The molecule has 0 bridgehead atoms. The van der Waals surface area contributed by atoms with E-state index in [0.29, 0.717) is 5.92 Å². The summed E-state index contributed by atoms with van der Waals surface area (Å²) in [6.07, 6.45) is 2.60. The van der Waals surface area contributed by atoms with Crippen LogP contribution in [0.15, 0.2) is 53.1 Å². The third kappa shape index (κ3) is 4.60. The predicted molar refractivity (Wildman–Crippen MR) is 109 cm³/mol. The van der Waals surface area contributed by atoms with Gasteiger partial charge in [0.25, 0.3) is 5.91 Å². The number of carbonyl (C=O) groups is 2. The van der Waals surface area contributed by atoms with Gasteiger partial charge >= 0.3 is 5.97 Å². The van der Waals surface area contributed by atoms with E-state index in [1.165, 1.54) is 0 Å². The maximum atomic E-state index is 12.2. The smallest absolute Gasteiger partial charge is 0.310 e. The lowest BCUT2D eigenvalue weighted by Crippen LogP contribution is -2.22. The number of ether oxygens (including phenoxy) is 1. The zero-order valence-electron chi connectivity index (χ0n) is 16.5. The third-order valence-corrected chi connectivity index (χ3v) is 4.89. The maximum Gasteiger partial charge on any atom is 0.310 e. The molecule has 0 aliphatic carbocycles. The maximum absolute atomic E-state index is 12.2. The highest BCUT2D eigenvalue weighted by Crippen LogP contribution is 2.26. The number of amides is 1. The average Bonchev–Trinajstić information content (AvgIpc) is 3.08. The van der Waals surface area contributed by atoms with Crippen molar-refractivity contribution in [1.29, 1.82) is 0 Å². The van der Waals surface area contributed by atoms with Gasteiger partial charge in [-0.15, -0.1) is 0 Å². The Morgan fingerprint density at radius 2 is 1.96 bits per heavy atom. The molecule has 0 fully saturated rings. The van der Waals surface area contributed by atoms with Crippen LogP contribution in [0.5, 0.6) is 0 Å². The Hall–Kier alpha value is -3.08. The molecule has 146 valence electrons. The molecule has 1 amide bonds. The fourth-order valence-corrected chi connectivity index (χ4v) is 3.13. The van der Waals surface area contributed by atoms with Crippen LogP contribution >= 0.6 is 0 Å². The van der Waals surface area contributed by atoms with Crippen LogP contribution < -0.4 is 5.32 Å². The zero-order chi connectivity index (χ0) is 20.1. The molecule has 3 rings (SSSR count). The zero-order valence-corrected chi connectivity index (χ0v) is 16.5. The van der Waals surface area contributed by atoms with E-state index >= 15 is 0 Å². The molecule has 5 nitrogen and oxygen atoms in total. The highest BCUT2D eigenvalue weighted by Gasteiger charge is 2.15. The van der Waals surface area contributed by atoms with E-state index in [1.54, 1.807) is 6.26 Å². The van der Waals surface area contributed by atoms with E-state index in [4.69, 9.17) is 9.15 Å². The summed E-state index contributed by atoms with van der Waals surface area (Å²) in [5.74, 6) is -0.484. The van der Waals surface area contributed by atoms with Gasteiger partial charge in [-0.1, -0.05) is 44.2 Å². The van der Waals surface area contributed by atoms with Crippen molar-refractivity contribution < 1.29 is 18.7 Å². The molecule has 1 N–H and O–H groups in total. The van der Waals surface area contributed by atoms with Crippen molar-refractivity contribution in [3.05, 3.63) is 65.4 Å². The molecule has 0 unspecified atom stereocenters. The fourth-order valence-electron chi connectivity index (χ4n) is 3.13. The minimum Gasteiger partial charge on any atom is -0.464 e. The SMILES string of the molecule is CC[C@@H](C)c1ccccc1NC(=O)COC(=O)Cc1coc2cc(C)ccc12. The molecule has 1 heterocycles. The third-order valence-electron chi connectivity index (χ3n) is 4.89. The van der Waals surface area contributed by atoms with Gasteiger partial charge in [0, 0.05) is 16.6 Å². The van der Waals surface area contributed by atoms with Gasteiger partial charge < -0.3 is 14.5 Å². The van der Waals surface area contributed by atoms with Crippen LogP contribution in [0.2, 0.25) is 0 Å². The fraction of sp³-hybridized carbons (Fsp3) is 0.304. The summed E-state index contributed by atoms with van der Waals surface area (Å²) in [6.45, 7) is 5.88. The molecule has 0 saturated heterocycles. The minimum atomic E-state index is -0.464. The first-order valence-electron chi connectivity index (χ1n) is 9.49. The van der Waals surface area contributed by atoms with Gasteiger partial charge in [-0.3, -0.25) is 9.59 Å². The summed E-state index contributed by atoms with van der Waals surface area (Å²) in [7, 11) is 0. The highest BCUT2D eigenvalue weighted by molar-refractivity contribution is 5.94. The number of anilines is 1. The van der Waals surface area contributed by atoms with Crippen molar-refractivity contribution in [3.8, 4) is 0 Å². The van der Waals surface area contributed by atoms with Crippen molar-refractivity contribution in [2.24, 2.45) is 0 Å². The van der Waals surface area contributed by atoms with Crippen LogP contribution in [0, 0.1) is 6.92 Å². The van der Waals surface area contributed by atoms with Crippen LogP contribution in [0.4, 0.5) is 5.69 Å². The van der Waals surface area contributed by atoms with Crippen LogP contribution in [0.1, 0.15) is 42.9 Å². The Labute approximate surface area is 164 Å². The number of hydrogen-bond donors (Lipinski definition) is 1. The van der Waals surface area contributed by atoms with Gasteiger partial charge in [0.15, 0.2) is 6.61 Å². The molecule has 0 saturated carbocycles. The molecule has 28 heavy (non-hydrogen) atoms. The molecule has 3 aromatic rings. The van der Waals surface area contributed by atoms with Crippen molar-refractivity contribution in [2.75, 3.05) is 11.9 Å². The van der Waals surface area contributed by atoms with Crippen molar-refractivity contribution >= 4 is 28.5 Å². The van der Waals surface area contributed by atoms with Crippen LogP contribution in [0.3, 0.4) is 0 Å². The Kier molecular flexibility index (Phi) is 6.14. The molecule has 5 heteroatoms. The number of carbonyl (C=O) groups excluding carboxylic acids is 2. The van der Waals surface area contributed by atoms with E-state index in [9.17, 15) is 9.59 Å². The average molecular weight is 379 g/mol. The lowest BCUT2D eigenvalue weighted by molar-refractivity contribution is -0.146. The summed E-state index contributed by atoms with van der Waals surface area (Å²) in [5.41, 5.74) is 4.41.